The zero-order chi connectivity index (χ0) is 7.56. The maximum Gasteiger partial charge on any atom is 0.121 e. The van der Waals surface area contributed by atoms with E-state index in [4.69, 9.17) is 5.73 Å². The average molecular weight is 139 g/mol. The second-order valence-electron chi connectivity index (χ2n) is 2.83. The third kappa shape index (κ3) is 1.50. The Morgan fingerprint density at radius 3 is 2.80 bits per heavy atom. The molecule has 0 spiro atoms. The summed E-state index contributed by atoms with van der Waals surface area (Å²) in [5, 5.41) is 4.05. The minimum Gasteiger partial charge on any atom is -0.384 e. The van der Waals surface area contributed by atoms with Crippen LogP contribution in [-0.2, 0) is 6.54 Å². The smallest absolute Gasteiger partial charge is 0.121 e. The molecular formula is C7H13N3. The molecule has 0 saturated carbocycles. The maximum absolute atomic E-state index is 5.59. The van der Waals surface area contributed by atoms with Crippen LogP contribution in [0.3, 0.4) is 0 Å². The molecule has 3 nitrogen and oxygen atoms in total. The summed E-state index contributed by atoms with van der Waals surface area (Å²) >= 11 is 0. The quantitative estimate of drug-likeness (QED) is 0.667. The summed E-state index contributed by atoms with van der Waals surface area (Å²) in [6.07, 6.45) is 1.72. The summed E-state index contributed by atoms with van der Waals surface area (Å²) in [7, 11) is 0. The van der Waals surface area contributed by atoms with Crippen LogP contribution in [-0.4, -0.2) is 9.78 Å². The lowest BCUT2D eigenvalue weighted by Gasteiger charge is -2.05. The minimum atomic E-state index is 0.599. The Kier molecular flexibility index (Phi) is 1.94. The average Bonchev–Trinajstić information content (AvgIpc) is 2.15. The van der Waals surface area contributed by atoms with Gasteiger partial charge < -0.3 is 5.73 Å². The van der Waals surface area contributed by atoms with E-state index in [1.54, 1.807) is 6.20 Å². The van der Waals surface area contributed by atoms with Crippen molar-refractivity contribution < 1.29 is 0 Å². The topological polar surface area (TPSA) is 43.8 Å². The van der Waals surface area contributed by atoms with Crippen molar-refractivity contribution in [1.29, 1.82) is 0 Å². The van der Waals surface area contributed by atoms with E-state index >= 15 is 0 Å². The molecule has 0 bridgehead atoms. The van der Waals surface area contributed by atoms with Gasteiger partial charge in [0.25, 0.3) is 0 Å². The highest BCUT2D eigenvalue weighted by atomic mass is 15.3. The van der Waals surface area contributed by atoms with Crippen LogP contribution in [0.2, 0.25) is 0 Å². The Morgan fingerprint density at radius 1 is 1.70 bits per heavy atom. The monoisotopic (exact) mass is 139 g/mol. The molecule has 56 valence electrons. The Hall–Kier alpha value is -0.990. The standard InChI is InChI=1S/C7H13N3/c1-6(2)5-10-7(8)3-4-9-10/h3-4,6H,5,8H2,1-2H3. The molecule has 0 amide bonds. The fourth-order valence-electron chi connectivity index (χ4n) is 0.841. The van der Waals surface area contributed by atoms with Gasteiger partial charge in [-0.3, -0.25) is 0 Å². The van der Waals surface area contributed by atoms with Gasteiger partial charge in [0.15, 0.2) is 0 Å². The minimum absolute atomic E-state index is 0.599. The predicted molar refractivity (Wildman–Crippen MR) is 41.5 cm³/mol. The molecule has 0 atom stereocenters. The second-order valence-corrected chi connectivity index (χ2v) is 2.83. The van der Waals surface area contributed by atoms with Gasteiger partial charge in [0.05, 0.1) is 6.20 Å². The molecule has 0 saturated heterocycles. The van der Waals surface area contributed by atoms with E-state index in [1.165, 1.54) is 0 Å². The third-order valence-corrected chi connectivity index (χ3v) is 1.29. The first-order valence-electron chi connectivity index (χ1n) is 3.47. The maximum atomic E-state index is 5.59. The first-order chi connectivity index (χ1) is 4.70. The van der Waals surface area contributed by atoms with Crippen LogP contribution in [0.15, 0.2) is 12.3 Å². The molecule has 3 heteroatoms. The summed E-state index contributed by atoms with van der Waals surface area (Å²) in [5.41, 5.74) is 5.59. The highest BCUT2D eigenvalue weighted by molar-refractivity contribution is 5.25. The Bertz CT molecular complexity index is 202. The largest absolute Gasteiger partial charge is 0.384 e. The van der Waals surface area contributed by atoms with Gasteiger partial charge in [0.1, 0.15) is 5.82 Å². The summed E-state index contributed by atoms with van der Waals surface area (Å²) in [4.78, 5) is 0. The van der Waals surface area contributed by atoms with Crippen molar-refractivity contribution in [2.24, 2.45) is 5.92 Å². The van der Waals surface area contributed by atoms with Crippen molar-refractivity contribution in [3.05, 3.63) is 12.3 Å². The van der Waals surface area contributed by atoms with E-state index in [1.807, 2.05) is 10.7 Å². The van der Waals surface area contributed by atoms with Crippen molar-refractivity contribution in [2.45, 2.75) is 20.4 Å². The van der Waals surface area contributed by atoms with Gasteiger partial charge in [0, 0.05) is 6.54 Å². The first-order valence-corrected chi connectivity index (χ1v) is 3.47. The van der Waals surface area contributed by atoms with Crippen LogP contribution < -0.4 is 5.73 Å². The Balaban J connectivity index is 2.65. The van der Waals surface area contributed by atoms with E-state index in [0.29, 0.717) is 5.92 Å². The van der Waals surface area contributed by atoms with Crippen LogP contribution in [0.5, 0.6) is 0 Å². The van der Waals surface area contributed by atoms with Gasteiger partial charge in [-0.2, -0.15) is 5.10 Å². The molecule has 0 unspecified atom stereocenters. The van der Waals surface area contributed by atoms with E-state index in [9.17, 15) is 0 Å². The summed E-state index contributed by atoms with van der Waals surface area (Å²) in [6, 6.07) is 1.81. The molecule has 0 aliphatic heterocycles. The summed E-state index contributed by atoms with van der Waals surface area (Å²) in [6.45, 7) is 5.18. The molecule has 1 aromatic rings. The fraction of sp³-hybridized carbons (Fsp3) is 0.571. The number of nitrogens with zero attached hydrogens (tertiary/aromatic N) is 2. The van der Waals surface area contributed by atoms with Crippen molar-refractivity contribution in [2.75, 3.05) is 5.73 Å². The van der Waals surface area contributed by atoms with Gasteiger partial charge in [-0.25, -0.2) is 4.68 Å². The Labute approximate surface area is 60.8 Å². The molecule has 10 heavy (non-hydrogen) atoms. The normalized spacial score (nSPS) is 10.7. The fourth-order valence-corrected chi connectivity index (χ4v) is 0.841. The van der Waals surface area contributed by atoms with Gasteiger partial charge in [0.2, 0.25) is 0 Å². The van der Waals surface area contributed by atoms with Crippen LogP contribution in [0.4, 0.5) is 5.82 Å². The van der Waals surface area contributed by atoms with Crippen LogP contribution in [0.25, 0.3) is 0 Å². The number of hydrogen-bond donors (Lipinski definition) is 1. The van der Waals surface area contributed by atoms with Gasteiger partial charge in [-0.15, -0.1) is 0 Å². The lowest BCUT2D eigenvalue weighted by atomic mass is 10.2. The van der Waals surface area contributed by atoms with E-state index < -0.39 is 0 Å². The van der Waals surface area contributed by atoms with Crippen LogP contribution in [0.1, 0.15) is 13.8 Å². The number of aromatic nitrogens is 2. The molecule has 1 heterocycles. The number of nitrogen functional groups attached to an aromatic ring is 1. The molecule has 0 fully saturated rings. The third-order valence-electron chi connectivity index (χ3n) is 1.29. The molecule has 0 aromatic carbocycles. The molecule has 2 N–H and O–H groups in total. The van der Waals surface area contributed by atoms with Gasteiger partial charge in [-0.1, -0.05) is 13.8 Å². The van der Waals surface area contributed by atoms with E-state index in [0.717, 1.165) is 12.4 Å². The molecule has 1 aromatic heterocycles. The lowest BCUT2D eigenvalue weighted by Crippen LogP contribution is -2.08. The lowest BCUT2D eigenvalue weighted by molar-refractivity contribution is 0.488. The summed E-state index contributed by atoms with van der Waals surface area (Å²) < 4.78 is 1.81. The number of anilines is 1. The predicted octanol–water partition coefficient (Wildman–Crippen LogP) is 1.12. The van der Waals surface area contributed by atoms with E-state index in [-0.39, 0.29) is 0 Å². The number of rotatable bonds is 2. The SMILES string of the molecule is CC(C)Cn1nccc1N. The highest BCUT2D eigenvalue weighted by Crippen LogP contribution is 2.03. The van der Waals surface area contributed by atoms with Gasteiger partial charge >= 0.3 is 0 Å². The number of hydrogen-bond acceptors (Lipinski definition) is 2. The van der Waals surface area contributed by atoms with Crippen molar-refractivity contribution >= 4 is 5.82 Å². The highest BCUT2D eigenvalue weighted by Gasteiger charge is 1.98. The molecule has 0 radical (unpaired) electrons. The van der Waals surface area contributed by atoms with E-state index in [2.05, 4.69) is 18.9 Å². The zero-order valence-electron chi connectivity index (χ0n) is 6.41. The second kappa shape index (κ2) is 2.73. The molecule has 0 aliphatic rings. The Morgan fingerprint density at radius 2 is 2.40 bits per heavy atom. The number of nitrogens with two attached hydrogens (primary N) is 1. The van der Waals surface area contributed by atoms with Crippen molar-refractivity contribution in [1.82, 2.24) is 9.78 Å². The van der Waals surface area contributed by atoms with Crippen LogP contribution in [0, 0.1) is 5.92 Å². The van der Waals surface area contributed by atoms with Gasteiger partial charge in [-0.05, 0) is 12.0 Å². The summed E-state index contributed by atoms with van der Waals surface area (Å²) in [5.74, 6) is 1.34. The van der Waals surface area contributed by atoms with Crippen molar-refractivity contribution in [3.8, 4) is 0 Å². The first kappa shape index (κ1) is 7.12. The zero-order valence-corrected chi connectivity index (χ0v) is 6.41. The van der Waals surface area contributed by atoms with Crippen molar-refractivity contribution in [3.63, 3.8) is 0 Å². The molecular weight excluding hydrogens is 126 g/mol. The molecule has 0 aliphatic carbocycles. The van der Waals surface area contributed by atoms with Crippen LogP contribution >= 0.6 is 0 Å². The molecule has 1 rings (SSSR count).